The van der Waals surface area contributed by atoms with Crippen LogP contribution in [0.15, 0.2) is 18.2 Å². The number of hydrogen-bond acceptors (Lipinski definition) is 3. The number of anilines is 1. The van der Waals surface area contributed by atoms with Gasteiger partial charge in [0.25, 0.3) is 0 Å². The predicted molar refractivity (Wildman–Crippen MR) is 68.5 cm³/mol. The summed E-state index contributed by atoms with van der Waals surface area (Å²) in [6, 6.07) is 5.65. The first-order valence-corrected chi connectivity index (χ1v) is 5.63. The Bertz CT molecular complexity index is 416. The molecule has 0 atom stereocenters. The number of rotatable bonds is 5. The van der Waals surface area contributed by atoms with Crippen molar-refractivity contribution in [2.24, 2.45) is 0 Å². The monoisotopic (exact) mass is 234 g/mol. The van der Waals surface area contributed by atoms with Gasteiger partial charge in [-0.1, -0.05) is 11.6 Å². The van der Waals surface area contributed by atoms with Gasteiger partial charge in [-0.05, 0) is 26.0 Å². The van der Waals surface area contributed by atoms with Gasteiger partial charge in [0.15, 0.2) is 6.29 Å². The van der Waals surface area contributed by atoms with Crippen LogP contribution in [0.4, 0.5) is 5.69 Å². The minimum atomic E-state index is -0.0655. The van der Waals surface area contributed by atoms with Crippen molar-refractivity contribution in [3.8, 4) is 0 Å². The lowest BCUT2D eigenvalue weighted by atomic mass is 10.1. The summed E-state index contributed by atoms with van der Waals surface area (Å²) in [5.41, 5.74) is 2.46. The van der Waals surface area contributed by atoms with Crippen LogP contribution in [-0.4, -0.2) is 32.3 Å². The minimum Gasteiger partial charge on any atom is -0.362 e. The molecule has 1 N–H and O–H groups in total. The van der Waals surface area contributed by atoms with Gasteiger partial charge in [-0.2, -0.15) is 0 Å². The zero-order valence-corrected chi connectivity index (χ0v) is 10.5. The van der Waals surface area contributed by atoms with Crippen LogP contribution in [0.5, 0.6) is 0 Å². The van der Waals surface area contributed by atoms with Crippen molar-refractivity contribution in [2.75, 3.05) is 25.0 Å². The van der Waals surface area contributed by atoms with Gasteiger partial charge in [0.05, 0.1) is 6.54 Å². The van der Waals surface area contributed by atoms with E-state index in [2.05, 4.69) is 5.32 Å². The number of aryl methyl sites for hydroxylation is 1. The van der Waals surface area contributed by atoms with Crippen molar-refractivity contribution in [3.63, 3.8) is 0 Å². The summed E-state index contributed by atoms with van der Waals surface area (Å²) < 4.78 is 0. The zero-order chi connectivity index (χ0) is 12.8. The molecule has 0 saturated carbocycles. The van der Waals surface area contributed by atoms with E-state index in [4.69, 9.17) is 0 Å². The maximum absolute atomic E-state index is 11.4. The second-order valence-corrected chi connectivity index (χ2v) is 3.87. The summed E-state index contributed by atoms with van der Waals surface area (Å²) in [6.07, 6.45) is 0.828. The maximum atomic E-state index is 11.4. The van der Waals surface area contributed by atoms with E-state index in [1.807, 2.05) is 36.9 Å². The van der Waals surface area contributed by atoms with Crippen molar-refractivity contribution >= 4 is 17.9 Å². The fraction of sp³-hybridized carbons (Fsp3) is 0.385. The number of carbonyl (C=O) groups excluding carboxylic acids is 2. The predicted octanol–water partition coefficient (Wildman–Crippen LogP) is 1.38. The molecule has 0 saturated heterocycles. The Hall–Kier alpha value is -1.84. The van der Waals surface area contributed by atoms with Gasteiger partial charge < -0.3 is 10.2 Å². The Morgan fingerprint density at radius 3 is 2.71 bits per heavy atom. The fourth-order valence-electron chi connectivity index (χ4n) is 1.68. The topological polar surface area (TPSA) is 49.4 Å². The van der Waals surface area contributed by atoms with Crippen LogP contribution >= 0.6 is 0 Å². The molecule has 0 fully saturated rings. The first-order chi connectivity index (χ1) is 8.12. The van der Waals surface area contributed by atoms with E-state index in [0.717, 1.165) is 17.5 Å². The van der Waals surface area contributed by atoms with Crippen molar-refractivity contribution in [1.29, 1.82) is 0 Å². The third-order valence-corrected chi connectivity index (χ3v) is 2.65. The number of aldehydes is 1. The van der Waals surface area contributed by atoms with E-state index in [-0.39, 0.29) is 12.5 Å². The lowest BCUT2D eigenvalue weighted by Crippen LogP contribution is -2.36. The van der Waals surface area contributed by atoms with Crippen LogP contribution < -0.4 is 10.2 Å². The van der Waals surface area contributed by atoms with E-state index in [1.54, 1.807) is 7.05 Å². The van der Waals surface area contributed by atoms with Crippen LogP contribution in [-0.2, 0) is 4.79 Å². The summed E-state index contributed by atoms with van der Waals surface area (Å²) in [5, 5.41) is 2.58. The summed E-state index contributed by atoms with van der Waals surface area (Å²) >= 11 is 0. The fourth-order valence-corrected chi connectivity index (χ4v) is 1.68. The first kappa shape index (κ1) is 13.2. The molecule has 0 radical (unpaired) electrons. The van der Waals surface area contributed by atoms with Crippen LogP contribution in [0.1, 0.15) is 22.8 Å². The molecule has 0 heterocycles. The molecular weight excluding hydrogens is 216 g/mol. The molecule has 0 bridgehead atoms. The molecule has 0 unspecified atom stereocenters. The molecule has 0 aliphatic carbocycles. The van der Waals surface area contributed by atoms with Crippen molar-refractivity contribution in [3.05, 3.63) is 29.3 Å². The Labute approximate surface area is 102 Å². The molecule has 0 aromatic heterocycles. The Morgan fingerprint density at radius 2 is 2.18 bits per heavy atom. The standard InChI is InChI=1S/C13H18N2O2/c1-4-15(8-13(17)14-3)12-6-5-10(2)7-11(12)9-16/h5-7,9H,4,8H2,1-3H3,(H,14,17). The van der Waals surface area contributed by atoms with Gasteiger partial charge in [0.1, 0.15) is 0 Å². The lowest BCUT2D eigenvalue weighted by Gasteiger charge is -2.23. The number of carbonyl (C=O) groups is 2. The molecule has 4 heteroatoms. The van der Waals surface area contributed by atoms with E-state index in [0.29, 0.717) is 12.1 Å². The quantitative estimate of drug-likeness (QED) is 0.783. The molecule has 0 aliphatic heterocycles. The van der Waals surface area contributed by atoms with Gasteiger partial charge >= 0.3 is 0 Å². The maximum Gasteiger partial charge on any atom is 0.239 e. The Kier molecular flexibility index (Phi) is 4.69. The second kappa shape index (κ2) is 6.03. The van der Waals surface area contributed by atoms with E-state index in [1.165, 1.54) is 0 Å². The van der Waals surface area contributed by atoms with Crippen molar-refractivity contribution in [1.82, 2.24) is 5.32 Å². The number of hydrogen-bond donors (Lipinski definition) is 1. The van der Waals surface area contributed by atoms with Gasteiger partial charge in [0.2, 0.25) is 5.91 Å². The smallest absolute Gasteiger partial charge is 0.239 e. The molecule has 4 nitrogen and oxygen atoms in total. The van der Waals surface area contributed by atoms with Gasteiger partial charge in [0, 0.05) is 24.8 Å². The highest BCUT2D eigenvalue weighted by atomic mass is 16.2. The van der Waals surface area contributed by atoms with Gasteiger partial charge in [-0.25, -0.2) is 0 Å². The highest BCUT2D eigenvalue weighted by Gasteiger charge is 2.12. The van der Waals surface area contributed by atoms with E-state index in [9.17, 15) is 9.59 Å². The molecule has 1 aromatic carbocycles. The second-order valence-electron chi connectivity index (χ2n) is 3.87. The van der Waals surface area contributed by atoms with Crippen LogP contribution in [0.2, 0.25) is 0 Å². The number of nitrogens with one attached hydrogen (secondary N) is 1. The number of amides is 1. The van der Waals surface area contributed by atoms with E-state index < -0.39 is 0 Å². The molecule has 17 heavy (non-hydrogen) atoms. The van der Waals surface area contributed by atoms with E-state index >= 15 is 0 Å². The average Bonchev–Trinajstić information content (AvgIpc) is 2.35. The molecule has 0 spiro atoms. The zero-order valence-electron chi connectivity index (χ0n) is 10.5. The highest BCUT2D eigenvalue weighted by molar-refractivity contribution is 5.88. The highest BCUT2D eigenvalue weighted by Crippen LogP contribution is 2.20. The van der Waals surface area contributed by atoms with Crippen LogP contribution in [0, 0.1) is 6.92 Å². The number of benzene rings is 1. The van der Waals surface area contributed by atoms with Crippen molar-refractivity contribution < 1.29 is 9.59 Å². The van der Waals surface area contributed by atoms with Crippen LogP contribution in [0.3, 0.4) is 0 Å². The first-order valence-electron chi connectivity index (χ1n) is 5.63. The molecule has 1 amide bonds. The summed E-state index contributed by atoms with van der Waals surface area (Å²) in [6.45, 7) is 4.83. The Balaban J connectivity index is 3.02. The molecule has 92 valence electrons. The molecule has 1 rings (SSSR count). The van der Waals surface area contributed by atoms with Gasteiger partial charge in [-0.3, -0.25) is 9.59 Å². The molecule has 1 aromatic rings. The normalized spacial score (nSPS) is 9.82. The summed E-state index contributed by atoms with van der Waals surface area (Å²) in [4.78, 5) is 24.3. The summed E-state index contributed by atoms with van der Waals surface area (Å²) in [7, 11) is 1.60. The number of nitrogens with zero attached hydrogens (tertiary/aromatic N) is 1. The number of likely N-dealkylation sites (N-methyl/N-ethyl adjacent to an activating group) is 2. The third-order valence-electron chi connectivity index (χ3n) is 2.65. The summed E-state index contributed by atoms with van der Waals surface area (Å²) in [5.74, 6) is -0.0655. The van der Waals surface area contributed by atoms with Crippen LogP contribution in [0.25, 0.3) is 0 Å². The van der Waals surface area contributed by atoms with Crippen molar-refractivity contribution in [2.45, 2.75) is 13.8 Å². The largest absolute Gasteiger partial charge is 0.362 e. The average molecular weight is 234 g/mol. The molecule has 0 aliphatic rings. The SMILES string of the molecule is CCN(CC(=O)NC)c1ccc(C)cc1C=O. The van der Waals surface area contributed by atoms with Gasteiger partial charge in [-0.15, -0.1) is 0 Å². The molecular formula is C13H18N2O2. The minimum absolute atomic E-state index is 0.0655. The third kappa shape index (κ3) is 3.31. The Morgan fingerprint density at radius 1 is 1.47 bits per heavy atom. The lowest BCUT2D eigenvalue weighted by molar-refractivity contribution is -0.119.